The lowest BCUT2D eigenvalue weighted by atomic mass is 10.2. The Morgan fingerprint density at radius 2 is 2.41 bits per heavy atom. The van der Waals surface area contributed by atoms with Crippen LogP contribution in [0.5, 0.6) is 0 Å². The maximum absolute atomic E-state index is 13.7. The Kier molecular flexibility index (Phi) is 4.23. The lowest BCUT2D eigenvalue weighted by molar-refractivity contribution is 0.629. The van der Waals surface area contributed by atoms with Crippen molar-refractivity contribution in [3.05, 3.63) is 29.6 Å². The molecule has 17 heavy (non-hydrogen) atoms. The monoisotopic (exact) mass is 270 g/mol. The van der Waals surface area contributed by atoms with Crippen molar-refractivity contribution in [3.63, 3.8) is 0 Å². The summed E-state index contributed by atoms with van der Waals surface area (Å²) < 4.78 is 13.7. The number of hydrogen-bond donors (Lipinski definition) is 2. The predicted octanol–water partition coefficient (Wildman–Crippen LogP) is 2.77. The summed E-state index contributed by atoms with van der Waals surface area (Å²) in [5, 5.41) is 3.74. The number of nitrogens with one attached hydrogen (secondary N) is 1. The fourth-order valence-electron chi connectivity index (χ4n) is 1.84. The third kappa shape index (κ3) is 3.33. The van der Waals surface area contributed by atoms with E-state index in [-0.39, 0.29) is 10.8 Å². The van der Waals surface area contributed by atoms with Gasteiger partial charge in [0.25, 0.3) is 0 Å². The maximum Gasteiger partial charge on any atom is 0.146 e. The number of anilines is 1. The van der Waals surface area contributed by atoms with Gasteiger partial charge < -0.3 is 11.1 Å². The van der Waals surface area contributed by atoms with Crippen LogP contribution in [0.2, 0.25) is 0 Å². The summed E-state index contributed by atoms with van der Waals surface area (Å²) in [6, 6.07) is 4.82. The van der Waals surface area contributed by atoms with Crippen LogP contribution < -0.4 is 11.1 Å². The van der Waals surface area contributed by atoms with Gasteiger partial charge >= 0.3 is 0 Å². The second-order valence-corrected chi connectivity index (χ2v) is 5.92. The van der Waals surface area contributed by atoms with Gasteiger partial charge in [0, 0.05) is 17.4 Å². The standard InChI is InChI=1S/C12H15FN2S2/c13-10-6-8(12(14)16)3-4-11(10)15-7-9-2-1-5-17-9/h3-4,6,9,15H,1-2,5,7H2,(H2,14,16). The molecule has 5 heteroatoms. The lowest BCUT2D eigenvalue weighted by Crippen LogP contribution is -2.15. The van der Waals surface area contributed by atoms with E-state index in [1.165, 1.54) is 24.7 Å². The zero-order valence-electron chi connectivity index (χ0n) is 9.41. The molecule has 0 saturated carbocycles. The number of thiocarbonyl (C=S) groups is 1. The van der Waals surface area contributed by atoms with E-state index in [0.717, 1.165) is 6.54 Å². The van der Waals surface area contributed by atoms with Crippen molar-refractivity contribution in [2.75, 3.05) is 17.6 Å². The van der Waals surface area contributed by atoms with E-state index >= 15 is 0 Å². The Balaban J connectivity index is 1.98. The highest BCUT2D eigenvalue weighted by molar-refractivity contribution is 8.00. The Labute approximate surface area is 110 Å². The number of rotatable bonds is 4. The summed E-state index contributed by atoms with van der Waals surface area (Å²) >= 11 is 6.75. The summed E-state index contributed by atoms with van der Waals surface area (Å²) in [6.45, 7) is 0.813. The molecule has 0 aliphatic carbocycles. The Hall–Kier alpha value is -0.810. The van der Waals surface area contributed by atoms with Crippen LogP contribution >= 0.6 is 24.0 Å². The first-order chi connectivity index (χ1) is 8.16. The molecule has 1 fully saturated rings. The zero-order valence-corrected chi connectivity index (χ0v) is 11.0. The highest BCUT2D eigenvalue weighted by Crippen LogP contribution is 2.26. The molecular formula is C12H15FN2S2. The van der Waals surface area contributed by atoms with Gasteiger partial charge in [-0.3, -0.25) is 0 Å². The van der Waals surface area contributed by atoms with E-state index in [1.807, 2.05) is 11.8 Å². The number of hydrogen-bond acceptors (Lipinski definition) is 3. The number of nitrogens with two attached hydrogens (primary N) is 1. The topological polar surface area (TPSA) is 38.0 Å². The maximum atomic E-state index is 13.7. The largest absolute Gasteiger partial charge is 0.389 e. The first-order valence-corrected chi connectivity index (χ1v) is 7.07. The van der Waals surface area contributed by atoms with Crippen LogP contribution in [0.1, 0.15) is 18.4 Å². The molecule has 2 rings (SSSR count). The molecule has 0 radical (unpaired) electrons. The first kappa shape index (κ1) is 12.6. The van der Waals surface area contributed by atoms with Crippen molar-refractivity contribution in [2.24, 2.45) is 5.73 Å². The molecule has 3 N–H and O–H groups in total. The third-order valence-electron chi connectivity index (χ3n) is 2.80. The van der Waals surface area contributed by atoms with E-state index in [4.69, 9.17) is 18.0 Å². The molecule has 1 aromatic rings. The van der Waals surface area contributed by atoms with Gasteiger partial charge in [0.2, 0.25) is 0 Å². The lowest BCUT2D eigenvalue weighted by Gasteiger charge is -2.12. The molecule has 0 amide bonds. The van der Waals surface area contributed by atoms with Crippen LogP contribution in [-0.2, 0) is 0 Å². The van der Waals surface area contributed by atoms with E-state index in [1.54, 1.807) is 12.1 Å². The summed E-state index contributed by atoms with van der Waals surface area (Å²) in [5.41, 5.74) is 6.54. The molecule has 1 aliphatic heterocycles. The first-order valence-electron chi connectivity index (χ1n) is 5.61. The number of benzene rings is 1. The molecule has 92 valence electrons. The van der Waals surface area contributed by atoms with E-state index in [0.29, 0.717) is 16.5 Å². The third-order valence-corrected chi connectivity index (χ3v) is 4.43. The number of thioether (sulfide) groups is 1. The van der Waals surface area contributed by atoms with Gasteiger partial charge in [-0.1, -0.05) is 12.2 Å². The van der Waals surface area contributed by atoms with Crippen molar-refractivity contribution in [1.29, 1.82) is 0 Å². The van der Waals surface area contributed by atoms with E-state index < -0.39 is 0 Å². The molecular weight excluding hydrogens is 255 g/mol. The highest BCUT2D eigenvalue weighted by Gasteiger charge is 2.15. The van der Waals surface area contributed by atoms with Crippen LogP contribution in [0.15, 0.2) is 18.2 Å². The normalized spacial score (nSPS) is 19.2. The summed E-state index contributed by atoms with van der Waals surface area (Å²) in [4.78, 5) is 0.224. The summed E-state index contributed by atoms with van der Waals surface area (Å²) in [6.07, 6.45) is 2.48. The fourth-order valence-corrected chi connectivity index (χ4v) is 3.17. The zero-order chi connectivity index (χ0) is 12.3. The van der Waals surface area contributed by atoms with Gasteiger partial charge in [0.05, 0.1) is 5.69 Å². The molecule has 1 heterocycles. The molecule has 1 aromatic carbocycles. The average molecular weight is 270 g/mol. The van der Waals surface area contributed by atoms with Crippen LogP contribution in [0, 0.1) is 5.82 Å². The van der Waals surface area contributed by atoms with Crippen molar-refractivity contribution >= 4 is 34.7 Å². The van der Waals surface area contributed by atoms with Gasteiger partial charge in [-0.25, -0.2) is 4.39 Å². The molecule has 0 spiro atoms. The number of halogens is 1. The fraction of sp³-hybridized carbons (Fsp3) is 0.417. The SMILES string of the molecule is NC(=S)c1ccc(NCC2CCCS2)c(F)c1. The Bertz CT molecular complexity index is 417. The van der Waals surface area contributed by atoms with Crippen LogP contribution in [0.4, 0.5) is 10.1 Å². The minimum absolute atomic E-state index is 0.224. The Morgan fingerprint density at radius 1 is 1.59 bits per heavy atom. The Morgan fingerprint density at radius 3 is 3.00 bits per heavy atom. The van der Waals surface area contributed by atoms with Crippen molar-refractivity contribution in [1.82, 2.24) is 0 Å². The van der Waals surface area contributed by atoms with Gasteiger partial charge in [-0.05, 0) is 36.8 Å². The second kappa shape index (κ2) is 5.69. The van der Waals surface area contributed by atoms with Crippen molar-refractivity contribution < 1.29 is 4.39 Å². The smallest absolute Gasteiger partial charge is 0.146 e. The van der Waals surface area contributed by atoms with Gasteiger partial charge in [-0.2, -0.15) is 11.8 Å². The van der Waals surface area contributed by atoms with E-state index in [2.05, 4.69) is 5.32 Å². The predicted molar refractivity (Wildman–Crippen MR) is 76.3 cm³/mol. The highest BCUT2D eigenvalue weighted by atomic mass is 32.2. The van der Waals surface area contributed by atoms with Gasteiger partial charge in [-0.15, -0.1) is 0 Å². The molecule has 0 aromatic heterocycles. The van der Waals surface area contributed by atoms with Gasteiger partial charge in [0.1, 0.15) is 10.8 Å². The quantitative estimate of drug-likeness (QED) is 0.825. The van der Waals surface area contributed by atoms with Crippen molar-refractivity contribution in [2.45, 2.75) is 18.1 Å². The van der Waals surface area contributed by atoms with Crippen LogP contribution in [0.25, 0.3) is 0 Å². The minimum atomic E-state index is -0.293. The molecule has 1 saturated heterocycles. The molecule has 1 unspecified atom stereocenters. The van der Waals surface area contributed by atoms with Crippen LogP contribution in [0.3, 0.4) is 0 Å². The average Bonchev–Trinajstić information content (AvgIpc) is 2.80. The summed E-state index contributed by atoms with van der Waals surface area (Å²) in [5.74, 6) is 0.924. The minimum Gasteiger partial charge on any atom is -0.389 e. The molecule has 1 aliphatic rings. The molecule has 2 nitrogen and oxygen atoms in total. The van der Waals surface area contributed by atoms with E-state index in [9.17, 15) is 4.39 Å². The summed E-state index contributed by atoms with van der Waals surface area (Å²) in [7, 11) is 0. The second-order valence-electron chi connectivity index (χ2n) is 4.07. The molecule has 1 atom stereocenters. The van der Waals surface area contributed by atoms with Crippen molar-refractivity contribution in [3.8, 4) is 0 Å². The van der Waals surface area contributed by atoms with Gasteiger partial charge in [0.15, 0.2) is 0 Å². The molecule has 0 bridgehead atoms. The van der Waals surface area contributed by atoms with Crippen LogP contribution in [-0.4, -0.2) is 22.5 Å².